The van der Waals surface area contributed by atoms with Gasteiger partial charge in [-0.15, -0.1) is 0 Å². The zero-order valence-corrected chi connectivity index (χ0v) is 19.2. The highest BCUT2D eigenvalue weighted by Crippen LogP contribution is 2.53. The molecule has 3 heteroatoms. The molecule has 160 valence electrons. The maximum absolute atomic E-state index is 10.9. The zero-order valence-electron chi connectivity index (χ0n) is 19.2. The van der Waals surface area contributed by atoms with Crippen LogP contribution in [-0.4, -0.2) is 25.4 Å². The average molecular weight is 391 g/mol. The number of aliphatic hydroxyl groups is 1. The maximum Gasteiger partial charge on any atom is 0.126 e. The second-order valence-corrected chi connectivity index (χ2v) is 9.91. The molecule has 1 aromatic rings. The van der Waals surface area contributed by atoms with Gasteiger partial charge in [-0.25, -0.2) is 0 Å². The largest absolute Gasteiger partial charge is 0.496 e. The highest BCUT2D eigenvalue weighted by Gasteiger charge is 2.42. The Morgan fingerprint density at radius 1 is 1.07 bits per heavy atom. The van der Waals surface area contributed by atoms with Crippen molar-refractivity contribution in [3.05, 3.63) is 23.3 Å². The minimum Gasteiger partial charge on any atom is -0.496 e. The second-order valence-electron chi connectivity index (χ2n) is 9.91. The summed E-state index contributed by atoms with van der Waals surface area (Å²) in [5.41, 5.74) is 2.36. The molecule has 1 aliphatic rings. The van der Waals surface area contributed by atoms with Crippen molar-refractivity contribution < 1.29 is 14.6 Å². The summed E-state index contributed by atoms with van der Waals surface area (Å²) in [6, 6.07) is 4.38. The van der Waals surface area contributed by atoms with Crippen LogP contribution in [0.25, 0.3) is 0 Å². The van der Waals surface area contributed by atoms with Crippen LogP contribution in [0.3, 0.4) is 0 Å². The minimum atomic E-state index is -0.362. The van der Waals surface area contributed by atoms with Crippen LogP contribution >= 0.6 is 0 Å². The number of hydrogen-bond acceptors (Lipinski definition) is 3. The van der Waals surface area contributed by atoms with Gasteiger partial charge in [-0.05, 0) is 47.8 Å². The van der Waals surface area contributed by atoms with E-state index in [2.05, 4.69) is 46.8 Å². The summed E-state index contributed by atoms with van der Waals surface area (Å²) >= 11 is 0. The molecular formula is C25H42O3. The second kappa shape index (κ2) is 9.52. The third kappa shape index (κ3) is 5.03. The van der Waals surface area contributed by atoms with Gasteiger partial charge in [-0.1, -0.05) is 66.7 Å². The van der Waals surface area contributed by atoms with E-state index in [0.717, 1.165) is 42.7 Å². The molecule has 1 aromatic carbocycles. The van der Waals surface area contributed by atoms with Gasteiger partial charge in [0, 0.05) is 11.5 Å². The van der Waals surface area contributed by atoms with E-state index in [1.54, 1.807) is 14.2 Å². The predicted octanol–water partition coefficient (Wildman–Crippen LogP) is 6.61. The molecule has 1 N–H and O–H groups in total. The first-order valence-electron chi connectivity index (χ1n) is 11.1. The summed E-state index contributed by atoms with van der Waals surface area (Å²) in [6.07, 6.45) is 8.88. The Bertz CT molecular complexity index is 608. The van der Waals surface area contributed by atoms with E-state index in [0.29, 0.717) is 0 Å². The lowest BCUT2D eigenvalue weighted by Gasteiger charge is -2.43. The lowest BCUT2D eigenvalue weighted by Crippen LogP contribution is -2.37. The van der Waals surface area contributed by atoms with Crippen molar-refractivity contribution in [3.63, 3.8) is 0 Å². The van der Waals surface area contributed by atoms with Crippen molar-refractivity contribution in [1.29, 1.82) is 0 Å². The molecular weight excluding hydrogens is 348 g/mol. The van der Waals surface area contributed by atoms with Gasteiger partial charge in [0.05, 0.1) is 20.3 Å². The minimum absolute atomic E-state index is 0.00934. The highest BCUT2D eigenvalue weighted by atomic mass is 16.5. The number of rotatable bonds is 9. The van der Waals surface area contributed by atoms with Crippen molar-refractivity contribution in [2.75, 3.05) is 14.2 Å². The number of hydrogen-bond donors (Lipinski definition) is 1. The molecule has 0 heterocycles. The fourth-order valence-electron chi connectivity index (χ4n) is 4.97. The number of aliphatic hydroxyl groups excluding tert-OH is 1. The van der Waals surface area contributed by atoms with Crippen LogP contribution in [0, 0.1) is 5.41 Å². The maximum atomic E-state index is 10.9. The molecule has 28 heavy (non-hydrogen) atoms. The van der Waals surface area contributed by atoms with Crippen LogP contribution in [0.1, 0.15) is 103 Å². The van der Waals surface area contributed by atoms with Gasteiger partial charge in [0.1, 0.15) is 11.5 Å². The summed E-state index contributed by atoms with van der Waals surface area (Å²) in [5.74, 6) is 1.73. The van der Waals surface area contributed by atoms with Crippen LogP contribution in [0.15, 0.2) is 12.1 Å². The molecule has 1 aliphatic carbocycles. The average Bonchev–Trinajstić information content (AvgIpc) is 2.64. The summed E-state index contributed by atoms with van der Waals surface area (Å²) in [5, 5.41) is 10.9. The normalized spacial score (nSPS) is 22.1. The first kappa shape index (κ1) is 23.1. The summed E-state index contributed by atoms with van der Waals surface area (Å²) < 4.78 is 11.7. The van der Waals surface area contributed by atoms with Gasteiger partial charge in [0.2, 0.25) is 0 Å². The summed E-state index contributed by atoms with van der Waals surface area (Å²) in [4.78, 5) is 0. The first-order chi connectivity index (χ1) is 13.2. The van der Waals surface area contributed by atoms with Crippen LogP contribution in [0.4, 0.5) is 0 Å². The van der Waals surface area contributed by atoms with E-state index in [1.165, 1.54) is 31.2 Å². The van der Waals surface area contributed by atoms with E-state index >= 15 is 0 Å². The van der Waals surface area contributed by atoms with Gasteiger partial charge in [-0.2, -0.15) is 0 Å². The molecule has 0 radical (unpaired) electrons. The van der Waals surface area contributed by atoms with E-state index < -0.39 is 0 Å². The lowest BCUT2D eigenvalue weighted by molar-refractivity contribution is 0.0332. The fraction of sp³-hybridized carbons (Fsp3) is 0.760. The van der Waals surface area contributed by atoms with E-state index in [1.807, 2.05) is 0 Å². The third-order valence-electron chi connectivity index (χ3n) is 6.84. The molecule has 0 aromatic heterocycles. The van der Waals surface area contributed by atoms with Gasteiger partial charge in [-0.3, -0.25) is 0 Å². The van der Waals surface area contributed by atoms with E-state index in [9.17, 15) is 5.11 Å². The van der Waals surface area contributed by atoms with Crippen molar-refractivity contribution in [3.8, 4) is 11.5 Å². The molecule has 0 aliphatic heterocycles. The molecule has 2 atom stereocenters. The first-order valence-corrected chi connectivity index (χ1v) is 11.1. The number of ether oxygens (including phenoxy) is 2. The van der Waals surface area contributed by atoms with Gasteiger partial charge in [0.25, 0.3) is 0 Å². The molecule has 0 saturated heterocycles. The highest BCUT2D eigenvalue weighted by molar-refractivity contribution is 5.53. The smallest absolute Gasteiger partial charge is 0.126 e. The Kier molecular flexibility index (Phi) is 7.84. The Balaban J connectivity index is 2.44. The van der Waals surface area contributed by atoms with E-state index in [4.69, 9.17) is 9.47 Å². The van der Waals surface area contributed by atoms with Crippen LogP contribution in [-0.2, 0) is 5.41 Å². The number of methoxy groups -OCH3 is 2. The SMILES string of the molecule is CCCCCCC(C)(C)c1cc(OC)c(C2C(O)CCCC2(C)C)c(OC)c1. The Morgan fingerprint density at radius 3 is 2.18 bits per heavy atom. The van der Waals surface area contributed by atoms with Gasteiger partial charge in [0.15, 0.2) is 0 Å². The standard InChI is InChI=1S/C25H42O3/c1-8-9-10-11-14-24(2,3)18-16-20(27-6)22(21(17-18)28-7)23-19(26)13-12-15-25(23,4)5/h16-17,19,23,26H,8-15H2,1-7H3. The molecule has 1 saturated carbocycles. The van der Waals surface area contributed by atoms with Gasteiger partial charge < -0.3 is 14.6 Å². The van der Waals surface area contributed by atoms with Crippen molar-refractivity contribution in [2.45, 2.75) is 103 Å². The lowest BCUT2D eigenvalue weighted by atomic mass is 9.64. The monoisotopic (exact) mass is 390 g/mol. The van der Waals surface area contributed by atoms with E-state index in [-0.39, 0.29) is 22.9 Å². The van der Waals surface area contributed by atoms with Crippen molar-refractivity contribution >= 4 is 0 Å². The van der Waals surface area contributed by atoms with Crippen LogP contribution < -0.4 is 9.47 Å². The predicted molar refractivity (Wildman–Crippen MR) is 118 cm³/mol. The molecule has 0 amide bonds. The quantitative estimate of drug-likeness (QED) is 0.482. The van der Waals surface area contributed by atoms with Crippen LogP contribution in [0.2, 0.25) is 0 Å². The number of benzene rings is 1. The Hall–Kier alpha value is -1.22. The molecule has 0 spiro atoms. The summed E-state index contributed by atoms with van der Waals surface area (Å²) in [6.45, 7) is 11.4. The molecule has 3 nitrogen and oxygen atoms in total. The van der Waals surface area contributed by atoms with Crippen molar-refractivity contribution in [2.24, 2.45) is 5.41 Å². The Labute approximate surface area is 172 Å². The molecule has 0 bridgehead atoms. The summed E-state index contributed by atoms with van der Waals surface area (Å²) in [7, 11) is 3.47. The van der Waals surface area contributed by atoms with Gasteiger partial charge >= 0.3 is 0 Å². The Morgan fingerprint density at radius 2 is 1.68 bits per heavy atom. The molecule has 2 unspecified atom stereocenters. The molecule has 1 fully saturated rings. The topological polar surface area (TPSA) is 38.7 Å². The van der Waals surface area contributed by atoms with Crippen LogP contribution in [0.5, 0.6) is 11.5 Å². The van der Waals surface area contributed by atoms with Crippen molar-refractivity contribution in [1.82, 2.24) is 0 Å². The number of unbranched alkanes of at least 4 members (excludes halogenated alkanes) is 3. The zero-order chi connectivity index (χ0) is 20.9. The third-order valence-corrected chi connectivity index (χ3v) is 6.84. The molecule has 2 rings (SSSR count). The fourth-order valence-corrected chi connectivity index (χ4v) is 4.97.